The lowest BCUT2D eigenvalue weighted by Gasteiger charge is -2.40. The lowest BCUT2D eigenvalue weighted by Crippen LogP contribution is -2.60. The highest BCUT2D eigenvalue weighted by molar-refractivity contribution is 5.76. The van der Waals surface area contributed by atoms with E-state index in [0.29, 0.717) is 12.8 Å². The lowest BCUT2D eigenvalue weighted by molar-refractivity contribution is -0.302. The predicted octanol–water partition coefficient (Wildman–Crippen LogP) is 15.1. The molecule has 1 saturated heterocycles. The average molecular weight is 991 g/mol. The number of hydrogen-bond acceptors (Lipinski definition) is 8. The second kappa shape index (κ2) is 50.9. The second-order valence-electron chi connectivity index (χ2n) is 21.1. The zero-order chi connectivity index (χ0) is 50.8. The third-order valence-corrected chi connectivity index (χ3v) is 14.5. The molecule has 9 heteroatoms. The molecule has 7 atom stereocenters. The smallest absolute Gasteiger partial charge is 0.220 e. The zero-order valence-corrected chi connectivity index (χ0v) is 45.8. The van der Waals surface area contributed by atoms with Crippen LogP contribution >= 0.6 is 0 Å². The zero-order valence-electron chi connectivity index (χ0n) is 45.8. The van der Waals surface area contributed by atoms with Gasteiger partial charge >= 0.3 is 0 Å². The molecule has 0 bridgehead atoms. The molecule has 0 aliphatic carbocycles. The molecule has 0 spiro atoms. The second-order valence-corrected chi connectivity index (χ2v) is 21.1. The number of rotatable bonds is 52. The summed E-state index contributed by atoms with van der Waals surface area (Å²) in [6.07, 6.45) is 58.8. The molecule has 7 unspecified atom stereocenters. The van der Waals surface area contributed by atoms with Crippen molar-refractivity contribution in [3.8, 4) is 0 Å². The Hall–Kier alpha value is -1.59. The van der Waals surface area contributed by atoms with Crippen LogP contribution in [0.3, 0.4) is 0 Å². The first kappa shape index (κ1) is 66.4. The number of unbranched alkanes of at least 4 members (excludes halogenated alkanes) is 36. The summed E-state index contributed by atoms with van der Waals surface area (Å²) >= 11 is 0. The number of amides is 1. The number of aliphatic hydroxyl groups is 5. The van der Waals surface area contributed by atoms with Crippen molar-refractivity contribution in [3.05, 3.63) is 36.5 Å². The Morgan fingerprint density at radius 1 is 0.486 bits per heavy atom. The molecule has 1 aliphatic rings. The average Bonchev–Trinajstić information content (AvgIpc) is 3.36. The highest BCUT2D eigenvalue weighted by Crippen LogP contribution is 2.23. The number of carbonyl (C=O) groups excluding carboxylic acids is 1. The van der Waals surface area contributed by atoms with Gasteiger partial charge in [-0.15, -0.1) is 0 Å². The molecule has 0 saturated carbocycles. The maximum absolute atomic E-state index is 13.1. The summed E-state index contributed by atoms with van der Waals surface area (Å²) in [6.45, 7) is 3.86. The molecule has 0 aromatic heterocycles. The highest BCUT2D eigenvalue weighted by Gasteiger charge is 2.44. The normalized spacial score (nSPS) is 19.6. The van der Waals surface area contributed by atoms with Crippen molar-refractivity contribution in [3.63, 3.8) is 0 Å². The van der Waals surface area contributed by atoms with Gasteiger partial charge in [0, 0.05) is 6.42 Å². The van der Waals surface area contributed by atoms with Gasteiger partial charge in [0.25, 0.3) is 0 Å². The van der Waals surface area contributed by atoms with E-state index in [1.165, 1.54) is 212 Å². The van der Waals surface area contributed by atoms with Gasteiger partial charge in [0.05, 0.1) is 25.4 Å². The van der Waals surface area contributed by atoms with Crippen LogP contribution in [0.15, 0.2) is 36.5 Å². The SMILES string of the molecule is CCCCCCC/C=C\C/C=C\C/C=C\CCCCCCCCCCCCC(=O)NC(COC1OC(CO)C(O)C(O)C1O)C(O)CCCCCCCCCCCCCCCCCCCCCCCC. The fourth-order valence-electron chi connectivity index (χ4n) is 9.70. The molecule has 9 nitrogen and oxygen atoms in total. The van der Waals surface area contributed by atoms with Crippen LogP contribution in [-0.2, 0) is 14.3 Å². The lowest BCUT2D eigenvalue weighted by atomic mass is 9.99. The van der Waals surface area contributed by atoms with Gasteiger partial charge in [0.1, 0.15) is 24.4 Å². The van der Waals surface area contributed by atoms with Crippen molar-refractivity contribution in [1.82, 2.24) is 5.32 Å². The minimum atomic E-state index is -1.55. The fraction of sp³-hybridized carbons (Fsp3) is 0.885. The van der Waals surface area contributed by atoms with Crippen molar-refractivity contribution in [2.24, 2.45) is 0 Å². The van der Waals surface area contributed by atoms with E-state index in [0.717, 1.165) is 51.4 Å². The first-order valence-electron chi connectivity index (χ1n) is 30.2. The van der Waals surface area contributed by atoms with Crippen LogP contribution in [0.25, 0.3) is 0 Å². The van der Waals surface area contributed by atoms with Gasteiger partial charge in [0.2, 0.25) is 5.91 Å². The maximum atomic E-state index is 13.1. The van der Waals surface area contributed by atoms with E-state index < -0.39 is 49.5 Å². The molecule has 1 aliphatic heterocycles. The molecule has 0 aromatic carbocycles. The number of ether oxygens (including phenoxy) is 2. The van der Waals surface area contributed by atoms with Crippen LogP contribution < -0.4 is 5.32 Å². The molecular weight excluding hydrogens is 875 g/mol. The molecule has 1 fully saturated rings. The summed E-state index contributed by atoms with van der Waals surface area (Å²) in [4.78, 5) is 13.1. The van der Waals surface area contributed by atoms with E-state index >= 15 is 0 Å². The van der Waals surface area contributed by atoms with Gasteiger partial charge in [-0.05, 0) is 51.4 Å². The molecule has 412 valence electrons. The number of nitrogens with one attached hydrogen (secondary N) is 1. The molecular formula is C61H115NO8. The number of allylic oxidation sites excluding steroid dienone is 6. The Bertz CT molecular complexity index is 1190. The molecule has 0 aromatic rings. The van der Waals surface area contributed by atoms with Crippen LogP contribution in [0.4, 0.5) is 0 Å². The first-order valence-corrected chi connectivity index (χ1v) is 30.2. The van der Waals surface area contributed by atoms with Gasteiger partial charge in [-0.3, -0.25) is 4.79 Å². The topological polar surface area (TPSA) is 149 Å². The third-order valence-electron chi connectivity index (χ3n) is 14.5. The fourth-order valence-corrected chi connectivity index (χ4v) is 9.70. The minimum absolute atomic E-state index is 0.138. The predicted molar refractivity (Wildman–Crippen MR) is 295 cm³/mol. The minimum Gasteiger partial charge on any atom is -0.394 e. The van der Waals surface area contributed by atoms with Crippen LogP contribution in [0.5, 0.6) is 0 Å². The summed E-state index contributed by atoms with van der Waals surface area (Å²) in [5.74, 6) is -0.145. The van der Waals surface area contributed by atoms with Crippen molar-refractivity contribution in [2.45, 2.75) is 333 Å². The van der Waals surface area contributed by atoms with E-state index in [9.17, 15) is 30.3 Å². The number of hydrogen-bond donors (Lipinski definition) is 6. The first-order chi connectivity index (χ1) is 34.3. The van der Waals surface area contributed by atoms with Crippen molar-refractivity contribution in [1.29, 1.82) is 0 Å². The Kier molecular flexibility index (Phi) is 48.3. The van der Waals surface area contributed by atoms with Crippen LogP contribution in [0, 0.1) is 0 Å². The van der Waals surface area contributed by atoms with Gasteiger partial charge < -0.3 is 40.3 Å². The highest BCUT2D eigenvalue weighted by atomic mass is 16.7. The van der Waals surface area contributed by atoms with Crippen LogP contribution in [-0.4, -0.2) is 87.5 Å². The van der Waals surface area contributed by atoms with E-state index in [1.54, 1.807) is 0 Å². The van der Waals surface area contributed by atoms with Crippen molar-refractivity contribution < 1.29 is 39.8 Å². The van der Waals surface area contributed by atoms with E-state index in [2.05, 4.69) is 55.6 Å². The van der Waals surface area contributed by atoms with Gasteiger partial charge in [-0.2, -0.15) is 0 Å². The molecule has 70 heavy (non-hydrogen) atoms. The summed E-state index contributed by atoms with van der Waals surface area (Å²) in [5.41, 5.74) is 0. The van der Waals surface area contributed by atoms with Gasteiger partial charge in [0.15, 0.2) is 6.29 Å². The van der Waals surface area contributed by atoms with E-state index in [-0.39, 0.29) is 12.5 Å². The van der Waals surface area contributed by atoms with Crippen molar-refractivity contribution >= 4 is 5.91 Å². The standard InChI is InChI=1S/C61H115NO8/c1-3-5-7-9-11-13-15-17-19-21-23-25-27-28-29-31-33-35-37-39-41-43-45-47-49-51-57(65)62-54(53-69-61-60(68)59(67)58(66)56(52-63)70-61)55(64)50-48-46-44-42-40-38-36-34-32-30-26-24-22-20-18-16-14-12-10-8-6-4-2/h15,17,21,23,27-28,54-56,58-61,63-64,66-68H,3-14,16,18-20,22,24-26,29-53H2,1-2H3,(H,62,65)/b17-15-,23-21-,28-27-. The third kappa shape index (κ3) is 39.9. The summed E-state index contributed by atoms with van der Waals surface area (Å²) < 4.78 is 11.3. The quantitative estimate of drug-likeness (QED) is 0.0261. The summed E-state index contributed by atoms with van der Waals surface area (Å²) in [7, 11) is 0. The molecule has 1 amide bonds. The van der Waals surface area contributed by atoms with Crippen LogP contribution in [0.1, 0.15) is 290 Å². The van der Waals surface area contributed by atoms with Gasteiger partial charge in [-0.25, -0.2) is 0 Å². The summed E-state index contributed by atoms with van der Waals surface area (Å²) in [5, 5.41) is 54.8. The Morgan fingerprint density at radius 3 is 1.24 bits per heavy atom. The Labute approximate surface area is 431 Å². The van der Waals surface area contributed by atoms with Crippen molar-refractivity contribution in [2.75, 3.05) is 13.2 Å². The monoisotopic (exact) mass is 990 g/mol. The largest absolute Gasteiger partial charge is 0.394 e. The summed E-state index contributed by atoms with van der Waals surface area (Å²) in [6, 6.07) is -0.722. The molecule has 1 heterocycles. The molecule has 6 N–H and O–H groups in total. The van der Waals surface area contributed by atoms with E-state index in [4.69, 9.17) is 9.47 Å². The number of carbonyl (C=O) groups is 1. The Morgan fingerprint density at radius 2 is 0.843 bits per heavy atom. The Balaban J connectivity index is 2.20. The molecule has 0 radical (unpaired) electrons. The van der Waals surface area contributed by atoms with Gasteiger partial charge in [-0.1, -0.05) is 269 Å². The maximum Gasteiger partial charge on any atom is 0.220 e. The van der Waals surface area contributed by atoms with Crippen LogP contribution in [0.2, 0.25) is 0 Å². The van der Waals surface area contributed by atoms with E-state index in [1.807, 2.05) is 0 Å². The number of aliphatic hydroxyl groups excluding tert-OH is 5. The molecule has 1 rings (SSSR count).